The van der Waals surface area contributed by atoms with Crippen molar-refractivity contribution in [2.45, 2.75) is 99.1 Å². The number of nitriles is 1. The van der Waals surface area contributed by atoms with Crippen molar-refractivity contribution in [3.63, 3.8) is 0 Å². The quantitative estimate of drug-likeness (QED) is 0.231. The molecule has 2 unspecified atom stereocenters. The van der Waals surface area contributed by atoms with E-state index in [1.807, 2.05) is 30.3 Å². The minimum Gasteiger partial charge on any atom is -0.493 e. The molecule has 0 aliphatic heterocycles. The molecule has 1 aromatic heterocycles. The maximum atomic E-state index is 13.4. The van der Waals surface area contributed by atoms with Gasteiger partial charge in [-0.1, -0.05) is 84.4 Å². The average molecular weight is 509 g/mol. The fourth-order valence-electron chi connectivity index (χ4n) is 4.47. The van der Waals surface area contributed by atoms with Crippen LogP contribution in [0.4, 0.5) is 11.4 Å². The van der Waals surface area contributed by atoms with Gasteiger partial charge in [0.05, 0.1) is 12.3 Å². The third-order valence-corrected chi connectivity index (χ3v) is 7.16. The first-order valence-corrected chi connectivity index (χ1v) is 13.8. The predicted octanol–water partition coefficient (Wildman–Crippen LogP) is 8.10. The van der Waals surface area contributed by atoms with E-state index in [2.05, 4.69) is 37.9 Å². The van der Waals surface area contributed by atoms with Crippen LogP contribution in [0.15, 0.2) is 39.3 Å². The summed E-state index contributed by atoms with van der Waals surface area (Å²) in [6, 6.07) is 9.63. The lowest BCUT2D eigenvalue weighted by atomic mass is 9.99. The fraction of sp³-hybridized carbons (Fsp3) is 0.600. The molecular weight excluding hydrogens is 464 g/mol. The molecule has 0 spiro atoms. The predicted molar refractivity (Wildman–Crippen MR) is 149 cm³/mol. The smallest absolute Gasteiger partial charge is 0.281 e. The number of benzene rings is 1. The first-order valence-electron chi connectivity index (χ1n) is 13.8. The van der Waals surface area contributed by atoms with Gasteiger partial charge in [0, 0.05) is 24.3 Å². The number of aromatic hydroxyl groups is 1. The van der Waals surface area contributed by atoms with Crippen LogP contribution in [-0.4, -0.2) is 16.3 Å². The molecule has 0 radical (unpaired) electrons. The molecule has 0 bridgehead atoms. The number of nitrogens with zero attached hydrogens (tertiary/aromatic N) is 4. The van der Waals surface area contributed by atoms with E-state index < -0.39 is 5.56 Å². The third-order valence-electron chi connectivity index (χ3n) is 7.16. The lowest BCUT2D eigenvalue weighted by Crippen LogP contribution is -2.25. The summed E-state index contributed by atoms with van der Waals surface area (Å²) in [4.78, 5) is 13.4. The highest BCUT2D eigenvalue weighted by Gasteiger charge is 2.21. The summed E-state index contributed by atoms with van der Waals surface area (Å²) in [7, 11) is 0. The Labute approximate surface area is 222 Å². The number of ether oxygens (including phenoxy) is 1. The Hall–Kier alpha value is -2.98. The van der Waals surface area contributed by atoms with Crippen molar-refractivity contribution < 1.29 is 9.84 Å². The van der Waals surface area contributed by atoms with Crippen molar-refractivity contribution in [3.8, 4) is 11.9 Å². The van der Waals surface area contributed by atoms with Crippen molar-refractivity contribution in [3.05, 3.63) is 51.3 Å². The highest BCUT2D eigenvalue weighted by Crippen LogP contribution is 2.29. The van der Waals surface area contributed by atoms with Gasteiger partial charge in [0.1, 0.15) is 11.6 Å². The van der Waals surface area contributed by atoms with Gasteiger partial charge < -0.3 is 9.84 Å². The standard InChI is InChI=1S/C30H44N4O3/c1-6-10-14-23(8-3)19-34-29(35)26(18-31)22(5)28(30(34)36)33-32-27-17-13-12-16-25(27)21-37-20-24(9-4)15-11-7-2/h12-13,16-17,23-24,35H,6-11,14-15,19-21H2,1-5H3. The van der Waals surface area contributed by atoms with Crippen LogP contribution in [0.1, 0.15) is 95.8 Å². The van der Waals surface area contributed by atoms with Crippen molar-refractivity contribution >= 4 is 11.4 Å². The lowest BCUT2D eigenvalue weighted by Gasteiger charge is -2.19. The topological polar surface area (TPSA) is 100.0 Å². The van der Waals surface area contributed by atoms with E-state index in [9.17, 15) is 15.2 Å². The monoisotopic (exact) mass is 508 g/mol. The van der Waals surface area contributed by atoms with Gasteiger partial charge in [-0.25, -0.2) is 0 Å². The summed E-state index contributed by atoms with van der Waals surface area (Å²) in [5.41, 5.74) is 1.56. The van der Waals surface area contributed by atoms with Crippen molar-refractivity contribution in [2.75, 3.05) is 6.61 Å². The van der Waals surface area contributed by atoms with E-state index in [1.54, 1.807) is 6.92 Å². The van der Waals surface area contributed by atoms with Crippen LogP contribution in [0.25, 0.3) is 0 Å². The molecule has 1 aromatic carbocycles. The van der Waals surface area contributed by atoms with Crippen LogP contribution in [-0.2, 0) is 17.9 Å². The molecule has 0 amide bonds. The molecule has 0 fully saturated rings. The molecule has 2 aromatic rings. The van der Waals surface area contributed by atoms with Crippen molar-refractivity contribution in [1.29, 1.82) is 5.26 Å². The largest absolute Gasteiger partial charge is 0.493 e. The van der Waals surface area contributed by atoms with Gasteiger partial charge in [-0.3, -0.25) is 9.36 Å². The van der Waals surface area contributed by atoms with Gasteiger partial charge >= 0.3 is 0 Å². The maximum absolute atomic E-state index is 13.4. The second-order valence-electron chi connectivity index (χ2n) is 9.88. The Morgan fingerprint density at radius 2 is 1.68 bits per heavy atom. The van der Waals surface area contributed by atoms with E-state index in [0.29, 0.717) is 36.9 Å². The van der Waals surface area contributed by atoms with E-state index in [4.69, 9.17) is 4.74 Å². The molecule has 202 valence electrons. The second-order valence-corrected chi connectivity index (χ2v) is 9.88. The molecule has 0 aliphatic carbocycles. The van der Waals surface area contributed by atoms with E-state index in [-0.39, 0.29) is 23.0 Å². The first-order chi connectivity index (χ1) is 17.9. The SMILES string of the molecule is CCCCC(CC)COCc1ccccc1N=Nc1c(C)c(C#N)c(O)n(CC(CC)CCCC)c1=O. The molecular formula is C30H44N4O3. The molecule has 0 saturated carbocycles. The first kappa shape index (κ1) is 30.2. The second kappa shape index (κ2) is 16.0. The molecule has 7 heteroatoms. The van der Waals surface area contributed by atoms with Crippen LogP contribution >= 0.6 is 0 Å². The zero-order chi connectivity index (χ0) is 27.2. The highest BCUT2D eigenvalue weighted by atomic mass is 16.5. The summed E-state index contributed by atoms with van der Waals surface area (Å²) >= 11 is 0. The summed E-state index contributed by atoms with van der Waals surface area (Å²) in [5.74, 6) is 0.478. The van der Waals surface area contributed by atoms with Crippen LogP contribution < -0.4 is 5.56 Å². The van der Waals surface area contributed by atoms with Gasteiger partial charge in [-0.15, -0.1) is 10.2 Å². The molecule has 0 aliphatic rings. The molecule has 1 N–H and O–H groups in total. The Morgan fingerprint density at radius 1 is 1.03 bits per heavy atom. The fourth-order valence-corrected chi connectivity index (χ4v) is 4.47. The lowest BCUT2D eigenvalue weighted by molar-refractivity contribution is 0.0822. The molecule has 2 atom stereocenters. The Kier molecular flexibility index (Phi) is 13.1. The van der Waals surface area contributed by atoms with Gasteiger partial charge in [-0.05, 0) is 37.7 Å². The zero-order valence-electron chi connectivity index (χ0n) is 23.3. The number of rotatable bonds is 16. The summed E-state index contributed by atoms with van der Waals surface area (Å²) in [5, 5.41) is 29.2. The molecule has 0 saturated heterocycles. The number of unbranched alkanes of at least 4 members (excludes halogenated alkanes) is 2. The molecule has 1 heterocycles. The van der Waals surface area contributed by atoms with Crippen molar-refractivity contribution in [1.82, 2.24) is 4.57 Å². The van der Waals surface area contributed by atoms with Gasteiger partial charge in [0.2, 0.25) is 5.88 Å². The Balaban J connectivity index is 2.33. The normalized spacial score (nSPS) is 13.1. The summed E-state index contributed by atoms with van der Waals surface area (Å²) < 4.78 is 7.32. The number of hydrogen-bond acceptors (Lipinski definition) is 6. The van der Waals surface area contributed by atoms with E-state index in [1.165, 1.54) is 23.8 Å². The Morgan fingerprint density at radius 3 is 2.30 bits per heavy atom. The zero-order valence-corrected chi connectivity index (χ0v) is 23.3. The van der Waals surface area contributed by atoms with Crippen LogP contribution in [0.5, 0.6) is 5.88 Å². The molecule has 37 heavy (non-hydrogen) atoms. The van der Waals surface area contributed by atoms with Crippen LogP contribution in [0.2, 0.25) is 0 Å². The van der Waals surface area contributed by atoms with Gasteiger partial charge in [0.15, 0.2) is 5.69 Å². The van der Waals surface area contributed by atoms with Gasteiger partial charge in [0.25, 0.3) is 5.56 Å². The Bertz CT molecular complexity index is 1120. The highest BCUT2D eigenvalue weighted by molar-refractivity contribution is 5.57. The van der Waals surface area contributed by atoms with Gasteiger partial charge in [-0.2, -0.15) is 5.26 Å². The van der Waals surface area contributed by atoms with E-state index >= 15 is 0 Å². The molecule has 7 nitrogen and oxygen atoms in total. The summed E-state index contributed by atoms with van der Waals surface area (Å²) in [6.45, 7) is 11.7. The summed E-state index contributed by atoms with van der Waals surface area (Å²) in [6.07, 6.45) is 8.59. The number of azo groups is 1. The minimum atomic E-state index is -0.428. The maximum Gasteiger partial charge on any atom is 0.281 e. The van der Waals surface area contributed by atoms with E-state index in [0.717, 1.165) is 37.7 Å². The molecule has 2 rings (SSSR count). The van der Waals surface area contributed by atoms with Crippen LogP contribution in [0.3, 0.4) is 0 Å². The number of aromatic nitrogens is 1. The van der Waals surface area contributed by atoms with Crippen LogP contribution in [0, 0.1) is 30.1 Å². The number of pyridine rings is 1. The minimum absolute atomic E-state index is 0.0631. The van der Waals surface area contributed by atoms with Crippen molar-refractivity contribution in [2.24, 2.45) is 22.1 Å². The average Bonchev–Trinajstić information content (AvgIpc) is 2.91. The number of hydrogen-bond donors (Lipinski definition) is 1. The third kappa shape index (κ3) is 8.53.